The summed E-state index contributed by atoms with van der Waals surface area (Å²) in [6, 6.07) is 8.71. The van der Waals surface area contributed by atoms with Crippen molar-refractivity contribution in [2.24, 2.45) is 0 Å². The van der Waals surface area contributed by atoms with Crippen LogP contribution in [0.4, 0.5) is 0 Å². The SMILES string of the molecule is CCN(Cc1ccc(C(=O)NC2CCn3cncc3C2)cc1)C(C)C. The van der Waals surface area contributed by atoms with Crippen LogP contribution < -0.4 is 5.32 Å². The Kier molecular flexibility index (Phi) is 5.53. The van der Waals surface area contributed by atoms with E-state index in [1.165, 1.54) is 11.3 Å². The van der Waals surface area contributed by atoms with Crippen LogP contribution in [0.2, 0.25) is 0 Å². The fourth-order valence-electron chi connectivity index (χ4n) is 3.42. The molecule has 25 heavy (non-hydrogen) atoms. The van der Waals surface area contributed by atoms with Crippen molar-refractivity contribution in [3.05, 3.63) is 53.6 Å². The molecular weight excluding hydrogens is 312 g/mol. The zero-order valence-corrected chi connectivity index (χ0v) is 15.4. The predicted molar refractivity (Wildman–Crippen MR) is 99.5 cm³/mol. The Morgan fingerprint density at radius 2 is 2.12 bits per heavy atom. The molecule has 0 aliphatic carbocycles. The molecule has 0 spiro atoms. The van der Waals surface area contributed by atoms with Gasteiger partial charge in [-0.15, -0.1) is 0 Å². The van der Waals surface area contributed by atoms with E-state index in [9.17, 15) is 4.79 Å². The average Bonchev–Trinajstić information content (AvgIpc) is 3.07. The molecule has 1 aromatic heterocycles. The highest BCUT2D eigenvalue weighted by molar-refractivity contribution is 5.94. The molecular formula is C20H28N4O. The molecule has 1 N–H and O–H groups in total. The quantitative estimate of drug-likeness (QED) is 0.880. The summed E-state index contributed by atoms with van der Waals surface area (Å²) in [7, 11) is 0. The van der Waals surface area contributed by atoms with Crippen molar-refractivity contribution >= 4 is 5.91 Å². The topological polar surface area (TPSA) is 50.2 Å². The first-order chi connectivity index (χ1) is 12.1. The maximum absolute atomic E-state index is 12.5. The number of benzene rings is 1. The van der Waals surface area contributed by atoms with Gasteiger partial charge in [-0.1, -0.05) is 19.1 Å². The molecule has 1 unspecified atom stereocenters. The van der Waals surface area contributed by atoms with Crippen LogP contribution in [0.25, 0.3) is 0 Å². The molecule has 2 aromatic rings. The maximum atomic E-state index is 12.5. The average molecular weight is 340 g/mol. The van der Waals surface area contributed by atoms with E-state index in [2.05, 4.69) is 52.7 Å². The maximum Gasteiger partial charge on any atom is 0.251 e. The molecule has 1 aromatic carbocycles. The third-order valence-corrected chi connectivity index (χ3v) is 5.05. The first-order valence-electron chi connectivity index (χ1n) is 9.19. The van der Waals surface area contributed by atoms with Gasteiger partial charge >= 0.3 is 0 Å². The minimum Gasteiger partial charge on any atom is -0.349 e. The summed E-state index contributed by atoms with van der Waals surface area (Å²) in [6.45, 7) is 9.46. The number of nitrogens with zero attached hydrogens (tertiary/aromatic N) is 3. The van der Waals surface area contributed by atoms with Crippen LogP contribution in [-0.4, -0.2) is 39.0 Å². The first kappa shape index (κ1) is 17.7. The van der Waals surface area contributed by atoms with Crippen molar-refractivity contribution in [2.75, 3.05) is 6.54 Å². The van der Waals surface area contributed by atoms with Gasteiger partial charge in [-0.2, -0.15) is 0 Å². The summed E-state index contributed by atoms with van der Waals surface area (Å²) in [6.07, 6.45) is 5.56. The van der Waals surface area contributed by atoms with Gasteiger partial charge in [0.15, 0.2) is 0 Å². The minimum absolute atomic E-state index is 0.0146. The van der Waals surface area contributed by atoms with E-state index < -0.39 is 0 Å². The van der Waals surface area contributed by atoms with E-state index >= 15 is 0 Å². The van der Waals surface area contributed by atoms with Crippen LogP contribution in [0.1, 0.15) is 48.8 Å². The summed E-state index contributed by atoms with van der Waals surface area (Å²) in [5.41, 5.74) is 3.17. The number of hydrogen-bond acceptors (Lipinski definition) is 3. The molecule has 0 radical (unpaired) electrons. The Labute approximate surface area is 150 Å². The zero-order valence-electron chi connectivity index (χ0n) is 15.4. The van der Waals surface area contributed by atoms with Crippen molar-refractivity contribution in [3.63, 3.8) is 0 Å². The number of aryl methyl sites for hydroxylation is 1. The standard InChI is InChI=1S/C20H28N4O/c1-4-23(15(2)3)13-16-5-7-17(8-6-16)20(25)22-18-9-10-24-14-21-12-19(24)11-18/h5-8,12,14-15,18H,4,9-11,13H2,1-3H3,(H,22,25). The summed E-state index contributed by atoms with van der Waals surface area (Å²) in [5, 5.41) is 3.17. The van der Waals surface area contributed by atoms with Gasteiger partial charge in [-0.25, -0.2) is 4.98 Å². The van der Waals surface area contributed by atoms with E-state index in [0.29, 0.717) is 6.04 Å². The van der Waals surface area contributed by atoms with Gasteiger partial charge in [-0.05, 0) is 44.5 Å². The summed E-state index contributed by atoms with van der Waals surface area (Å²) in [5.74, 6) is 0.0146. The zero-order chi connectivity index (χ0) is 17.8. The van der Waals surface area contributed by atoms with Crippen molar-refractivity contribution in [2.45, 2.75) is 58.8 Å². The molecule has 1 aliphatic heterocycles. The van der Waals surface area contributed by atoms with Crippen molar-refractivity contribution < 1.29 is 4.79 Å². The number of hydrogen-bond donors (Lipinski definition) is 1. The monoisotopic (exact) mass is 340 g/mol. The van der Waals surface area contributed by atoms with Crippen LogP contribution >= 0.6 is 0 Å². The Bertz CT molecular complexity index is 705. The molecule has 5 heteroatoms. The molecule has 3 rings (SSSR count). The fourth-order valence-corrected chi connectivity index (χ4v) is 3.42. The lowest BCUT2D eigenvalue weighted by Crippen LogP contribution is -2.39. The second-order valence-corrected chi connectivity index (χ2v) is 7.10. The molecule has 5 nitrogen and oxygen atoms in total. The normalized spacial score (nSPS) is 16.9. The molecule has 0 saturated carbocycles. The summed E-state index contributed by atoms with van der Waals surface area (Å²) >= 11 is 0. The number of imidazole rings is 1. The van der Waals surface area contributed by atoms with E-state index in [-0.39, 0.29) is 11.9 Å². The predicted octanol–water partition coefficient (Wildman–Crippen LogP) is 2.86. The second kappa shape index (κ2) is 7.83. The second-order valence-electron chi connectivity index (χ2n) is 7.10. The van der Waals surface area contributed by atoms with Crippen molar-refractivity contribution in [1.82, 2.24) is 19.8 Å². The molecule has 1 atom stereocenters. The smallest absolute Gasteiger partial charge is 0.251 e. The molecule has 0 fully saturated rings. The highest BCUT2D eigenvalue weighted by atomic mass is 16.1. The number of carbonyl (C=O) groups excluding carboxylic acids is 1. The fraction of sp³-hybridized carbons (Fsp3) is 0.500. The molecule has 1 aliphatic rings. The lowest BCUT2D eigenvalue weighted by Gasteiger charge is -2.25. The molecule has 1 amide bonds. The number of carbonyl (C=O) groups is 1. The Hall–Kier alpha value is -2.14. The molecule has 2 heterocycles. The van der Waals surface area contributed by atoms with Gasteiger partial charge in [0.1, 0.15) is 0 Å². The van der Waals surface area contributed by atoms with Gasteiger partial charge in [0.2, 0.25) is 0 Å². The van der Waals surface area contributed by atoms with E-state index in [1.54, 1.807) is 0 Å². The lowest BCUT2D eigenvalue weighted by atomic mass is 10.0. The van der Waals surface area contributed by atoms with E-state index in [1.807, 2.05) is 24.7 Å². The minimum atomic E-state index is 0.0146. The van der Waals surface area contributed by atoms with Crippen LogP contribution in [-0.2, 0) is 19.5 Å². The Morgan fingerprint density at radius 1 is 1.36 bits per heavy atom. The van der Waals surface area contributed by atoms with Crippen molar-refractivity contribution in [1.29, 1.82) is 0 Å². The molecule has 0 saturated heterocycles. The number of aromatic nitrogens is 2. The van der Waals surface area contributed by atoms with Gasteiger partial charge in [-0.3, -0.25) is 9.69 Å². The summed E-state index contributed by atoms with van der Waals surface area (Å²) < 4.78 is 2.16. The summed E-state index contributed by atoms with van der Waals surface area (Å²) in [4.78, 5) is 19.1. The van der Waals surface area contributed by atoms with Gasteiger partial charge in [0, 0.05) is 49.0 Å². The van der Waals surface area contributed by atoms with Gasteiger partial charge < -0.3 is 9.88 Å². The third kappa shape index (κ3) is 4.28. The molecule has 0 bridgehead atoms. The van der Waals surface area contributed by atoms with Crippen LogP contribution in [0, 0.1) is 0 Å². The number of rotatable bonds is 6. The third-order valence-electron chi connectivity index (χ3n) is 5.05. The van der Waals surface area contributed by atoms with Crippen molar-refractivity contribution in [3.8, 4) is 0 Å². The largest absolute Gasteiger partial charge is 0.349 e. The van der Waals surface area contributed by atoms with Crippen LogP contribution in [0.15, 0.2) is 36.8 Å². The van der Waals surface area contributed by atoms with E-state index in [4.69, 9.17) is 0 Å². The highest BCUT2D eigenvalue weighted by Gasteiger charge is 2.20. The first-order valence-corrected chi connectivity index (χ1v) is 9.19. The Balaban J connectivity index is 1.58. The van der Waals surface area contributed by atoms with Gasteiger partial charge in [0.05, 0.1) is 6.33 Å². The van der Waals surface area contributed by atoms with Crippen LogP contribution in [0.3, 0.4) is 0 Å². The molecule has 134 valence electrons. The van der Waals surface area contributed by atoms with E-state index in [0.717, 1.165) is 38.0 Å². The number of fused-ring (bicyclic) bond motifs is 1. The Morgan fingerprint density at radius 3 is 2.80 bits per heavy atom. The van der Waals surface area contributed by atoms with Crippen LogP contribution in [0.5, 0.6) is 0 Å². The lowest BCUT2D eigenvalue weighted by molar-refractivity contribution is 0.0931. The number of nitrogens with one attached hydrogen (secondary N) is 1. The van der Waals surface area contributed by atoms with Gasteiger partial charge in [0.25, 0.3) is 5.91 Å². The highest BCUT2D eigenvalue weighted by Crippen LogP contribution is 2.15. The number of amides is 1.